The van der Waals surface area contributed by atoms with Crippen LogP contribution >= 0.6 is 0 Å². The fourth-order valence-corrected chi connectivity index (χ4v) is 2.51. The lowest BCUT2D eigenvalue weighted by Crippen LogP contribution is -2.20. The van der Waals surface area contributed by atoms with E-state index in [-0.39, 0.29) is 17.2 Å². The summed E-state index contributed by atoms with van der Waals surface area (Å²) in [6.07, 6.45) is 0. The first kappa shape index (κ1) is 18.3. The first-order valence-electron chi connectivity index (χ1n) is 6.97. The Kier molecular flexibility index (Phi) is 5.59. The Morgan fingerprint density at radius 3 is 2.64 bits per heavy atom. The number of carbonyl (C=O) groups excluding carboxylic acids is 1. The van der Waals surface area contributed by atoms with Gasteiger partial charge >= 0.3 is 0 Å². The van der Waals surface area contributed by atoms with Crippen LogP contribution in [0.3, 0.4) is 0 Å². The van der Waals surface area contributed by atoms with Crippen LogP contribution in [0.1, 0.15) is 5.56 Å². The maximum absolute atomic E-state index is 12.0. The highest BCUT2D eigenvalue weighted by Crippen LogP contribution is 2.27. The molecule has 0 radical (unpaired) electrons. The van der Waals surface area contributed by atoms with Crippen molar-refractivity contribution in [1.82, 2.24) is 0 Å². The highest BCUT2D eigenvalue weighted by atomic mass is 32.2. The van der Waals surface area contributed by atoms with Gasteiger partial charge in [0.1, 0.15) is 0 Å². The summed E-state index contributed by atoms with van der Waals surface area (Å²) >= 11 is 0. The molecule has 0 saturated carbocycles. The van der Waals surface area contributed by atoms with Gasteiger partial charge in [0.2, 0.25) is 10.0 Å². The van der Waals surface area contributed by atoms with Gasteiger partial charge in [0, 0.05) is 11.8 Å². The predicted octanol–water partition coefficient (Wildman–Crippen LogP) is 1.23. The lowest BCUT2D eigenvalue weighted by atomic mass is 10.2. The Bertz CT molecular complexity index is 935. The Hall–Kier alpha value is -3.09. The van der Waals surface area contributed by atoms with Gasteiger partial charge in [-0.2, -0.15) is 5.26 Å². The first-order valence-corrected chi connectivity index (χ1v) is 8.52. The van der Waals surface area contributed by atoms with Crippen molar-refractivity contribution in [2.75, 3.05) is 19.0 Å². The zero-order chi connectivity index (χ0) is 18.4. The molecule has 130 valence electrons. The number of amides is 1. The Morgan fingerprint density at radius 2 is 2.00 bits per heavy atom. The SMILES string of the molecule is COc1cc(C#N)ccc1OCC(=O)Nc1cccc(S(N)(=O)=O)c1. The molecule has 0 aliphatic carbocycles. The molecule has 0 unspecified atom stereocenters. The molecule has 0 aliphatic rings. The normalized spacial score (nSPS) is 10.6. The van der Waals surface area contributed by atoms with Crippen LogP contribution < -0.4 is 19.9 Å². The van der Waals surface area contributed by atoms with Gasteiger partial charge < -0.3 is 14.8 Å². The van der Waals surface area contributed by atoms with E-state index in [0.717, 1.165) is 0 Å². The number of ether oxygens (including phenoxy) is 2. The van der Waals surface area contributed by atoms with Crippen molar-refractivity contribution in [2.45, 2.75) is 4.90 Å². The summed E-state index contributed by atoms with van der Waals surface area (Å²) in [5.74, 6) is 0.121. The minimum atomic E-state index is -3.86. The van der Waals surface area contributed by atoms with E-state index in [4.69, 9.17) is 19.9 Å². The van der Waals surface area contributed by atoms with Gasteiger partial charge in [-0.3, -0.25) is 4.79 Å². The topological polar surface area (TPSA) is 132 Å². The quantitative estimate of drug-likeness (QED) is 0.795. The Labute approximate surface area is 144 Å². The fourth-order valence-electron chi connectivity index (χ4n) is 1.95. The van der Waals surface area contributed by atoms with Crippen molar-refractivity contribution in [3.05, 3.63) is 48.0 Å². The summed E-state index contributed by atoms with van der Waals surface area (Å²) in [6.45, 7) is -0.331. The monoisotopic (exact) mass is 361 g/mol. The van der Waals surface area contributed by atoms with Crippen molar-refractivity contribution < 1.29 is 22.7 Å². The van der Waals surface area contributed by atoms with Gasteiger partial charge in [0.05, 0.1) is 23.6 Å². The molecule has 2 aromatic rings. The number of benzene rings is 2. The van der Waals surface area contributed by atoms with Crippen LogP contribution in [-0.2, 0) is 14.8 Å². The zero-order valence-electron chi connectivity index (χ0n) is 13.2. The van der Waals surface area contributed by atoms with E-state index in [1.54, 1.807) is 0 Å². The van der Waals surface area contributed by atoms with E-state index in [9.17, 15) is 13.2 Å². The largest absolute Gasteiger partial charge is 0.493 e. The van der Waals surface area contributed by atoms with Crippen LogP contribution in [-0.4, -0.2) is 28.0 Å². The van der Waals surface area contributed by atoms with Crippen molar-refractivity contribution in [3.8, 4) is 17.6 Å². The van der Waals surface area contributed by atoms with Gasteiger partial charge in [0.15, 0.2) is 18.1 Å². The molecule has 1 amide bonds. The number of rotatable bonds is 6. The maximum Gasteiger partial charge on any atom is 0.262 e. The average Bonchev–Trinajstić information content (AvgIpc) is 2.59. The third kappa shape index (κ3) is 4.94. The molecule has 0 spiro atoms. The maximum atomic E-state index is 12.0. The fraction of sp³-hybridized carbons (Fsp3) is 0.125. The molecule has 8 nitrogen and oxygen atoms in total. The molecule has 0 saturated heterocycles. The van der Waals surface area contributed by atoms with E-state index in [1.165, 1.54) is 49.6 Å². The van der Waals surface area contributed by atoms with E-state index in [1.807, 2.05) is 6.07 Å². The highest BCUT2D eigenvalue weighted by Gasteiger charge is 2.11. The molecule has 0 heterocycles. The molecular weight excluding hydrogens is 346 g/mol. The molecule has 25 heavy (non-hydrogen) atoms. The predicted molar refractivity (Wildman–Crippen MR) is 89.6 cm³/mol. The number of nitriles is 1. The molecule has 9 heteroatoms. The molecular formula is C16H15N3O5S. The number of anilines is 1. The van der Waals surface area contributed by atoms with Crippen molar-refractivity contribution in [1.29, 1.82) is 5.26 Å². The van der Waals surface area contributed by atoms with Crippen molar-refractivity contribution in [3.63, 3.8) is 0 Å². The molecule has 2 aromatic carbocycles. The van der Waals surface area contributed by atoms with Gasteiger partial charge in [-0.15, -0.1) is 0 Å². The van der Waals surface area contributed by atoms with E-state index in [0.29, 0.717) is 17.1 Å². The number of nitrogens with one attached hydrogen (secondary N) is 1. The standard InChI is InChI=1S/C16H15N3O5S/c1-23-15-7-11(9-17)5-6-14(15)24-10-16(20)19-12-3-2-4-13(8-12)25(18,21)22/h2-8H,10H2,1H3,(H,19,20)(H2,18,21,22). The summed E-state index contributed by atoms with van der Waals surface area (Å²) in [7, 11) is -2.44. The number of hydrogen-bond acceptors (Lipinski definition) is 6. The number of methoxy groups -OCH3 is 1. The summed E-state index contributed by atoms with van der Waals surface area (Å²) in [6, 6.07) is 12.1. The van der Waals surface area contributed by atoms with Crippen molar-refractivity contribution in [2.24, 2.45) is 5.14 Å². The first-order chi connectivity index (χ1) is 11.8. The molecule has 0 aliphatic heterocycles. The second kappa shape index (κ2) is 7.65. The van der Waals surface area contributed by atoms with Gasteiger partial charge in [0.25, 0.3) is 5.91 Å². The number of primary sulfonamides is 1. The van der Waals surface area contributed by atoms with Gasteiger partial charge in [-0.25, -0.2) is 13.6 Å². The summed E-state index contributed by atoms with van der Waals surface area (Å²) < 4.78 is 33.1. The summed E-state index contributed by atoms with van der Waals surface area (Å²) in [5, 5.41) is 16.4. The van der Waals surface area contributed by atoms with Crippen molar-refractivity contribution >= 4 is 21.6 Å². The number of sulfonamides is 1. The summed E-state index contributed by atoms with van der Waals surface area (Å²) in [5.41, 5.74) is 0.667. The van der Waals surface area contributed by atoms with Gasteiger partial charge in [-0.1, -0.05) is 6.07 Å². The van der Waals surface area contributed by atoms with E-state index < -0.39 is 15.9 Å². The molecule has 3 N–H and O–H groups in total. The van der Waals surface area contributed by atoms with Crippen LogP contribution in [0.2, 0.25) is 0 Å². The smallest absolute Gasteiger partial charge is 0.262 e. The third-order valence-corrected chi connectivity index (χ3v) is 4.01. The number of carbonyl (C=O) groups is 1. The van der Waals surface area contributed by atoms with E-state index >= 15 is 0 Å². The van der Waals surface area contributed by atoms with Crippen LogP contribution in [0.25, 0.3) is 0 Å². The third-order valence-electron chi connectivity index (χ3n) is 3.10. The number of nitrogens with zero attached hydrogens (tertiary/aromatic N) is 1. The second-order valence-electron chi connectivity index (χ2n) is 4.89. The van der Waals surface area contributed by atoms with E-state index in [2.05, 4.69) is 5.32 Å². The van der Waals surface area contributed by atoms with Gasteiger partial charge in [-0.05, 0) is 30.3 Å². The van der Waals surface area contributed by atoms with Crippen LogP contribution in [0.15, 0.2) is 47.4 Å². The number of hydrogen-bond donors (Lipinski definition) is 2. The Balaban J connectivity index is 2.03. The Morgan fingerprint density at radius 1 is 1.24 bits per heavy atom. The summed E-state index contributed by atoms with van der Waals surface area (Å²) in [4.78, 5) is 11.8. The van der Waals surface area contributed by atoms with Crippen LogP contribution in [0, 0.1) is 11.3 Å². The molecule has 0 atom stereocenters. The minimum absolute atomic E-state index is 0.111. The average molecular weight is 361 g/mol. The van der Waals surface area contributed by atoms with Crippen LogP contribution in [0.4, 0.5) is 5.69 Å². The minimum Gasteiger partial charge on any atom is -0.493 e. The second-order valence-corrected chi connectivity index (χ2v) is 6.45. The molecule has 0 bridgehead atoms. The van der Waals surface area contributed by atoms with Crippen LogP contribution in [0.5, 0.6) is 11.5 Å². The lowest BCUT2D eigenvalue weighted by molar-refractivity contribution is -0.118. The number of nitrogens with two attached hydrogens (primary N) is 1. The lowest BCUT2D eigenvalue weighted by Gasteiger charge is -2.11. The highest BCUT2D eigenvalue weighted by molar-refractivity contribution is 7.89. The molecule has 0 aromatic heterocycles. The zero-order valence-corrected chi connectivity index (χ0v) is 14.0. The molecule has 2 rings (SSSR count). The molecule has 0 fully saturated rings.